The number of methoxy groups -OCH3 is 1. The van der Waals surface area contributed by atoms with Gasteiger partial charge in [-0.3, -0.25) is 4.79 Å². The van der Waals surface area contributed by atoms with Crippen molar-refractivity contribution in [3.63, 3.8) is 0 Å². The molecule has 0 bridgehead atoms. The van der Waals surface area contributed by atoms with Gasteiger partial charge in [0, 0.05) is 13.7 Å². The lowest BCUT2D eigenvalue weighted by molar-refractivity contribution is -0.139. The molecule has 1 aliphatic carbocycles. The first-order valence-electron chi connectivity index (χ1n) is 6.72. The smallest absolute Gasteiger partial charge is 0.252 e. The van der Waals surface area contributed by atoms with Crippen LogP contribution in [0, 0.1) is 0 Å². The lowest BCUT2D eigenvalue weighted by Gasteiger charge is -2.21. The van der Waals surface area contributed by atoms with Gasteiger partial charge in [0.1, 0.15) is 5.60 Å². The molecule has 4 heteroatoms. The van der Waals surface area contributed by atoms with E-state index in [1.54, 1.807) is 7.11 Å². The summed E-state index contributed by atoms with van der Waals surface area (Å²) in [5.74, 6) is -0.253. The van der Waals surface area contributed by atoms with E-state index >= 15 is 0 Å². The maximum atomic E-state index is 12.0. The van der Waals surface area contributed by atoms with Crippen LogP contribution in [0.2, 0.25) is 0 Å². The van der Waals surface area contributed by atoms with Gasteiger partial charge in [-0.2, -0.15) is 0 Å². The van der Waals surface area contributed by atoms with Gasteiger partial charge in [-0.1, -0.05) is 24.3 Å². The van der Waals surface area contributed by atoms with Gasteiger partial charge in [-0.05, 0) is 36.8 Å². The van der Waals surface area contributed by atoms with E-state index in [-0.39, 0.29) is 5.91 Å². The van der Waals surface area contributed by atoms with Crippen LogP contribution in [0.3, 0.4) is 0 Å². The molecule has 1 fully saturated rings. The minimum absolute atomic E-state index is 0.253. The summed E-state index contributed by atoms with van der Waals surface area (Å²) in [7, 11) is 1.65. The Kier molecular flexibility index (Phi) is 4.56. The molecule has 1 saturated carbocycles. The SMILES string of the molecule is COCc1ccccc1CNC(=O)C1(O)CCCC1. The fourth-order valence-corrected chi connectivity index (χ4v) is 2.55. The fraction of sp³-hybridized carbons (Fsp3) is 0.533. The standard InChI is InChI=1S/C15H21NO3/c1-19-11-13-7-3-2-6-12(13)10-16-14(17)15(18)8-4-5-9-15/h2-3,6-7,18H,4-5,8-11H2,1H3,(H,16,17). The van der Waals surface area contributed by atoms with Crippen LogP contribution < -0.4 is 5.32 Å². The Labute approximate surface area is 113 Å². The van der Waals surface area contributed by atoms with Crippen LogP contribution in [0.5, 0.6) is 0 Å². The number of ether oxygens (including phenoxy) is 1. The second-order valence-electron chi connectivity index (χ2n) is 5.12. The highest BCUT2D eigenvalue weighted by molar-refractivity contribution is 5.85. The van der Waals surface area contributed by atoms with Gasteiger partial charge in [-0.25, -0.2) is 0 Å². The van der Waals surface area contributed by atoms with Gasteiger partial charge < -0.3 is 15.2 Å². The molecule has 1 aromatic carbocycles. The molecular weight excluding hydrogens is 242 g/mol. The molecular formula is C15H21NO3. The lowest BCUT2D eigenvalue weighted by atomic mass is 10.0. The molecule has 0 heterocycles. The fourth-order valence-electron chi connectivity index (χ4n) is 2.55. The highest BCUT2D eigenvalue weighted by atomic mass is 16.5. The van der Waals surface area contributed by atoms with Crippen LogP contribution in [0.4, 0.5) is 0 Å². The van der Waals surface area contributed by atoms with Crippen LogP contribution in [-0.2, 0) is 22.7 Å². The Bertz CT molecular complexity index is 439. The number of benzene rings is 1. The highest BCUT2D eigenvalue weighted by Gasteiger charge is 2.38. The molecule has 1 aliphatic rings. The van der Waals surface area contributed by atoms with E-state index in [1.807, 2.05) is 24.3 Å². The monoisotopic (exact) mass is 263 g/mol. The average Bonchev–Trinajstić information content (AvgIpc) is 2.86. The number of hydrogen-bond donors (Lipinski definition) is 2. The summed E-state index contributed by atoms with van der Waals surface area (Å²) in [5, 5.41) is 13.0. The molecule has 19 heavy (non-hydrogen) atoms. The Balaban J connectivity index is 1.97. The van der Waals surface area contributed by atoms with Gasteiger partial charge in [0.2, 0.25) is 0 Å². The molecule has 0 aromatic heterocycles. The largest absolute Gasteiger partial charge is 0.380 e. The first-order valence-corrected chi connectivity index (χ1v) is 6.72. The van der Waals surface area contributed by atoms with Gasteiger partial charge in [-0.15, -0.1) is 0 Å². The number of carbonyl (C=O) groups is 1. The highest BCUT2D eigenvalue weighted by Crippen LogP contribution is 2.29. The topological polar surface area (TPSA) is 58.6 Å². The van der Waals surface area contributed by atoms with Crippen molar-refractivity contribution in [2.24, 2.45) is 0 Å². The van der Waals surface area contributed by atoms with Crippen molar-refractivity contribution in [3.05, 3.63) is 35.4 Å². The van der Waals surface area contributed by atoms with Gasteiger partial charge in [0.25, 0.3) is 5.91 Å². The molecule has 1 amide bonds. The average molecular weight is 263 g/mol. The number of carbonyl (C=O) groups excluding carboxylic acids is 1. The van der Waals surface area contributed by atoms with Crippen molar-refractivity contribution in [2.75, 3.05) is 7.11 Å². The number of rotatable bonds is 5. The molecule has 0 aliphatic heterocycles. The van der Waals surface area contributed by atoms with E-state index in [0.29, 0.717) is 26.0 Å². The van der Waals surface area contributed by atoms with Gasteiger partial charge >= 0.3 is 0 Å². The summed E-state index contributed by atoms with van der Waals surface area (Å²) in [4.78, 5) is 12.0. The van der Waals surface area contributed by atoms with E-state index < -0.39 is 5.60 Å². The second kappa shape index (κ2) is 6.17. The first-order chi connectivity index (χ1) is 9.15. The summed E-state index contributed by atoms with van der Waals surface area (Å²) in [6.45, 7) is 0.955. The third kappa shape index (κ3) is 3.33. The van der Waals surface area contributed by atoms with E-state index in [1.165, 1.54) is 0 Å². The normalized spacial score (nSPS) is 17.4. The number of hydrogen-bond acceptors (Lipinski definition) is 3. The third-order valence-corrected chi connectivity index (χ3v) is 3.71. The lowest BCUT2D eigenvalue weighted by Crippen LogP contribution is -2.44. The maximum Gasteiger partial charge on any atom is 0.252 e. The molecule has 0 radical (unpaired) electrons. The van der Waals surface area contributed by atoms with Crippen molar-refractivity contribution in [1.82, 2.24) is 5.32 Å². The van der Waals surface area contributed by atoms with Crippen LogP contribution in [0.15, 0.2) is 24.3 Å². The quantitative estimate of drug-likeness (QED) is 0.851. The Morgan fingerprint density at radius 2 is 1.95 bits per heavy atom. The summed E-state index contributed by atoms with van der Waals surface area (Å²) in [5.41, 5.74) is 0.930. The van der Waals surface area contributed by atoms with Crippen molar-refractivity contribution in [3.8, 4) is 0 Å². The predicted octanol–water partition coefficient (Wildman–Crippen LogP) is 1.75. The number of nitrogens with one attached hydrogen (secondary N) is 1. The zero-order valence-electron chi connectivity index (χ0n) is 11.3. The molecule has 0 atom stereocenters. The summed E-state index contributed by atoms with van der Waals surface area (Å²) < 4.78 is 5.13. The molecule has 0 unspecified atom stereocenters. The minimum atomic E-state index is -1.16. The number of amides is 1. The van der Waals surface area contributed by atoms with E-state index in [0.717, 1.165) is 24.0 Å². The van der Waals surface area contributed by atoms with Crippen molar-refractivity contribution in [2.45, 2.75) is 44.4 Å². The Morgan fingerprint density at radius 3 is 2.58 bits per heavy atom. The van der Waals surface area contributed by atoms with Crippen molar-refractivity contribution < 1.29 is 14.6 Å². The zero-order chi connectivity index (χ0) is 13.7. The van der Waals surface area contributed by atoms with E-state index in [9.17, 15) is 9.90 Å². The van der Waals surface area contributed by atoms with Crippen LogP contribution in [-0.4, -0.2) is 23.7 Å². The Hall–Kier alpha value is -1.39. The van der Waals surface area contributed by atoms with E-state index in [2.05, 4.69) is 5.32 Å². The number of aliphatic hydroxyl groups is 1. The minimum Gasteiger partial charge on any atom is -0.380 e. The summed E-state index contributed by atoms with van der Waals surface area (Å²) >= 11 is 0. The van der Waals surface area contributed by atoms with Crippen molar-refractivity contribution in [1.29, 1.82) is 0 Å². The van der Waals surface area contributed by atoms with Crippen molar-refractivity contribution >= 4 is 5.91 Å². The van der Waals surface area contributed by atoms with Crippen LogP contribution in [0.25, 0.3) is 0 Å². The summed E-state index contributed by atoms with van der Waals surface area (Å²) in [6.07, 6.45) is 2.98. The predicted molar refractivity (Wildman–Crippen MR) is 72.4 cm³/mol. The molecule has 2 rings (SSSR count). The van der Waals surface area contributed by atoms with Gasteiger partial charge in [0.15, 0.2) is 0 Å². The maximum absolute atomic E-state index is 12.0. The molecule has 0 saturated heterocycles. The molecule has 0 spiro atoms. The second-order valence-corrected chi connectivity index (χ2v) is 5.12. The molecule has 4 nitrogen and oxygen atoms in total. The molecule has 2 N–H and O–H groups in total. The van der Waals surface area contributed by atoms with Crippen LogP contribution in [0.1, 0.15) is 36.8 Å². The zero-order valence-corrected chi connectivity index (χ0v) is 11.3. The Morgan fingerprint density at radius 1 is 1.32 bits per heavy atom. The molecule has 104 valence electrons. The van der Waals surface area contributed by atoms with Crippen LogP contribution >= 0.6 is 0 Å². The van der Waals surface area contributed by atoms with Gasteiger partial charge in [0.05, 0.1) is 6.61 Å². The summed E-state index contributed by atoms with van der Waals surface area (Å²) in [6, 6.07) is 7.83. The first kappa shape index (κ1) is 14.0. The molecule has 1 aromatic rings. The van der Waals surface area contributed by atoms with E-state index in [4.69, 9.17) is 4.74 Å². The third-order valence-electron chi connectivity index (χ3n) is 3.71.